The molecule has 2 amide bonds. The molecular weight excluding hydrogens is 486 g/mol. The lowest BCUT2D eigenvalue weighted by atomic mass is 9.95. The summed E-state index contributed by atoms with van der Waals surface area (Å²) in [6, 6.07) is 13.3. The van der Waals surface area contributed by atoms with Gasteiger partial charge in [-0.25, -0.2) is 8.42 Å². The maximum Gasteiger partial charge on any atom is 0.253 e. The van der Waals surface area contributed by atoms with Crippen LogP contribution in [0.3, 0.4) is 0 Å². The van der Waals surface area contributed by atoms with Crippen molar-refractivity contribution in [1.82, 2.24) is 9.21 Å². The normalized spacial score (nSPS) is 19.9. The van der Waals surface area contributed by atoms with Crippen LogP contribution in [0.5, 0.6) is 0 Å². The molecule has 35 heavy (non-hydrogen) atoms. The molecule has 2 heterocycles. The smallest absolute Gasteiger partial charge is 0.253 e. The Balaban J connectivity index is 1.32. The molecule has 2 aromatic rings. The van der Waals surface area contributed by atoms with E-state index in [1.807, 2.05) is 6.92 Å². The molecule has 0 aromatic heterocycles. The molecular formula is C26H32ClN3O4S. The average molecular weight is 518 g/mol. The summed E-state index contributed by atoms with van der Waals surface area (Å²) >= 11 is 5.90. The van der Waals surface area contributed by atoms with Gasteiger partial charge in [-0.2, -0.15) is 4.31 Å². The van der Waals surface area contributed by atoms with E-state index in [0.717, 1.165) is 25.7 Å². The van der Waals surface area contributed by atoms with E-state index in [4.69, 9.17) is 11.6 Å². The van der Waals surface area contributed by atoms with Crippen LogP contribution in [-0.2, 0) is 14.8 Å². The summed E-state index contributed by atoms with van der Waals surface area (Å²) in [5.74, 6) is -0.371. The highest BCUT2D eigenvalue weighted by molar-refractivity contribution is 7.89. The summed E-state index contributed by atoms with van der Waals surface area (Å²) in [5.41, 5.74) is 1.15. The van der Waals surface area contributed by atoms with Gasteiger partial charge in [0.25, 0.3) is 5.91 Å². The Hall–Kier alpha value is -2.42. The molecule has 2 aromatic carbocycles. The zero-order chi connectivity index (χ0) is 25.0. The van der Waals surface area contributed by atoms with Crippen molar-refractivity contribution < 1.29 is 18.0 Å². The Labute approximate surface area is 212 Å². The summed E-state index contributed by atoms with van der Waals surface area (Å²) in [4.78, 5) is 27.5. The van der Waals surface area contributed by atoms with Gasteiger partial charge >= 0.3 is 0 Å². The van der Waals surface area contributed by atoms with Gasteiger partial charge in [0, 0.05) is 47.9 Å². The third-order valence-corrected chi connectivity index (χ3v) is 9.23. The monoisotopic (exact) mass is 517 g/mol. The average Bonchev–Trinajstić information content (AvgIpc) is 2.89. The number of piperidine rings is 2. The van der Waals surface area contributed by atoms with E-state index in [9.17, 15) is 18.0 Å². The Morgan fingerprint density at radius 2 is 1.60 bits per heavy atom. The topological polar surface area (TPSA) is 86.8 Å². The number of hydrogen-bond acceptors (Lipinski definition) is 4. The molecule has 0 spiro atoms. The Morgan fingerprint density at radius 3 is 2.23 bits per heavy atom. The Kier molecular flexibility index (Phi) is 8.14. The van der Waals surface area contributed by atoms with Gasteiger partial charge in [0.2, 0.25) is 15.9 Å². The lowest BCUT2D eigenvalue weighted by Crippen LogP contribution is -2.43. The molecule has 0 saturated carbocycles. The first-order valence-electron chi connectivity index (χ1n) is 12.3. The zero-order valence-electron chi connectivity index (χ0n) is 20.0. The maximum atomic E-state index is 13.1. The first-order valence-corrected chi connectivity index (χ1v) is 14.1. The van der Waals surface area contributed by atoms with E-state index in [2.05, 4.69) is 5.32 Å². The fraction of sp³-hybridized carbons (Fsp3) is 0.462. The maximum absolute atomic E-state index is 13.1. The number of rotatable bonds is 6. The van der Waals surface area contributed by atoms with Crippen molar-refractivity contribution in [2.24, 2.45) is 5.92 Å². The van der Waals surface area contributed by atoms with Gasteiger partial charge < -0.3 is 10.2 Å². The number of likely N-dealkylation sites (tertiary alicyclic amines) is 1. The number of amides is 2. The summed E-state index contributed by atoms with van der Waals surface area (Å²) in [5, 5.41) is 3.49. The highest BCUT2D eigenvalue weighted by Gasteiger charge is 2.32. The van der Waals surface area contributed by atoms with Crippen LogP contribution in [0.15, 0.2) is 53.4 Å². The van der Waals surface area contributed by atoms with E-state index in [0.29, 0.717) is 48.7 Å². The quantitative estimate of drug-likeness (QED) is 0.597. The molecule has 188 valence electrons. The van der Waals surface area contributed by atoms with Crippen molar-refractivity contribution in [3.8, 4) is 0 Å². The highest BCUT2D eigenvalue weighted by Crippen LogP contribution is 2.28. The van der Waals surface area contributed by atoms with E-state index in [1.165, 1.54) is 0 Å². The molecule has 4 rings (SSSR count). The van der Waals surface area contributed by atoms with Crippen LogP contribution < -0.4 is 5.32 Å². The zero-order valence-corrected chi connectivity index (χ0v) is 21.5. The standard InChI is InChI=1S/C26H32ClN3O4S/c1-2-23-5-3-4-16-30(23)35(33,34)24-12-10-22(11-13-24)28-25(31)19-14-17-29(18-15-19)26(32)20-6-8-21(27)9-7-20/h6-13,19,23H,2-5,14-18H2,1H3,(H,28,31). The number of nitrogens with zero attached hydrogens (tertiary/aromatic N) is 2. The SMILES string of the molecule is CCC1CCCCN1S(=O)(=O)c1ccc(NC(=O)C2CCN(C(=O)c3ccc(Cl)cc3)CC2)cc1. The minimum atomic E-state index is -3.55. The van der Waals surface area contributed by atoms with Crippen molar-refractivity contribution in [3.05, 3.63) is 59.1 Å². The summed E-state index contributed by atoms with van der Waals surface area (Å²) in [6.07, 6.45) is 4.79. The molecule has 0 radical (unpaired) electrons. The molecule has 0 aliphatic carbocycles. The van der Waals surface area contributed by atoms with Crippen molar-refractivity contribution in [2.45, 2.75) is 56.4 Å². The van der Waals surface area contributed by atoms with E-state index >= 15 is 0 Å². The van der Waals surface area contributed by atoms with E-state index < -0.39 is 10.0 Å². The van der Waals surface area contributed by atoms with Gasteiger partial charge in [-0.3, -0.25) is 9.59 Å². The number of sulfonamides is 1. The van der Waals surface area contributed by atoms with Crippen molar-refractivity contribution in [3.63, 3.8) is 0 Å². The van der Waals surface area contributed by atoms with Gasteiger partial charge in [-0.15, -0.1) is 0 Å². The first kappa shape index (κ1) is 25.7. The largest absolute Gasteiger partial charge is 0.339 e. The molecule has 7 nitrogen and oxygen atoms in total. The van der Waals surface area contributed by atoms with Gasteiger partial charge in [-0.05, 0) is 80.6 Å². The first-order chi connectivity index (χ1) is 16.8. The van der Waals surface area contributed by atoms with Gasteiger partial charge in [-0.1, -0.05) is 24.9 Å². The Bertz CT molecular complexity index is 1140. The third-order valence-electron chi connectivity index (χ3n) is 7.02. The number of nitrogens with one attached hydrogen (secondary N) is 1. The second kappa shape index (κ2) is 11.1. The summed E-state index contributed by atoms with van der Waals surface area (Å²) < 4.78 is 27.9. The summed E-state index contributed by atoms with van der Waals surface area (Å²) in [7, 11) is -3.55. The van der Waals surface area contributed by atoms with Crippen LogP contribution >= 0.6 is 11.6 Å². The van der Waals surface area contributed by atoms with Gasteiger partial charge in [0.15, 0.2) is 0 Å². The molecule has 2 aliphatic heterocycles. The molecule has 1 unspecified atom stereocenters. The second-order valence-corrected chi connectivity index (χ2v) is 11.6. The molecule has 2 saturated heterocycles. The fourth-order valence-electron chi connectivity index (χ4n) is 4.91. The minimum absolute atomic E-state index is 0.0468. The Morgan fingerprint density at radius 1 is 0.943 bits per heavy atom. The molecule has 0 bridgehead atoms. The number of carbonyl (C=O) groups excluding carboxylic acids is 2. The van der Waals surface area contributed by atoms with Crippen molar-refractivity contribution in [2.75, 3.05) is 25.0 Å². The van der Waals surface area contributed by atoms with Gasteiger partial charge in [0.1, 0.15) is 0 Å². The van der Waals surface area contributed by atoms with Crippen LogP contribution in [0.25, 0.3) is 0 Å². The number of halogens is 1. The predicted octanol–water partition coefficient (Wildman–Crippen LogP) is 4.78. The van der Waals surface area contributed by atoms with Crippen molar-refractivity contribution in [1.29, 1.82) is 0 Å². The van der Waals surface area contributed by atoms with Crippen LogP contribution in [0, 0.1) is 5.92 Å². The van der Waals surface area contributed by atoms with Gasteiger partial charge in [0.05, 0.1) is 4.90 Å². The molecule has 1 atom stereocenters. The molecule has 2 fully saturated rings. The van der Waals surface area contributed by atoms with Crippen LogP contribution in [0.2, 0.25) is 5.02 Å². The molecule has 1 N–H and O–H groups in total. The third kappa shape index (κ3) is 5.88. The summed E-state index contributed by atoms with van der Waals surface area (Å²) in [6.45, 7) is 3.59. The lowest BCUT2D eigenvalue weighted by Gasteiger charge is -2.34. The fourth-order valence-corrected chi connectivity index (χ4v) is 6.80. The highest BCUT2D eigenvalue weighted by atomic mass is 35.5. The number of anilines is 1. The molecule has 2 aliphatic rings. The number of carbonyl (C=O) groups is 2. The number of hydrogen-bond donors (Lipinski definition) is 1. The van der Waals surface area contributed by atoms with Crippen LogP contribution in [0.4, 0.5) is 5.69 Å². The lowest BCUT2D eigenvalue weighted by molar-refractivity contribution is -0.121. The van der Waals surface area contributed by atoms with Crippen molar-refractivity contribution >= 4 is 39.1 Å². The number of benzene rings is 2. The van der Waals surface area contributed by atoms with E-state index in [-0.39, 0.29) is 28.7 Å². The second-order valence-electron chi connectivity index (χ2n) is 9.26. The van der Waals surface area contributed by atoms with Crippen LogP contribution in [0.1, 0.15) is 55.8 Å². The van der Waals surface area contributed by atoms with E-state index in [1.54, 1.807) is 57.7 Å². The predicted molar refractivity (Wildman–Crippen MR) is 137 cm³/mol. The molecule has 9 heteroatoms. The van der Waals surface area contributed by atoms with Crippen LogP contribution in [-0.4, -0.2) is 55.1 Å². The minimum Gasteiger partial charge on any atom is -0.339 e.